The summed E-state index contributed by atoms with van der Waals surface area (Å²) in [7, 11) is 0. The van der Waals surface area contributed by atoms with Crippen molar-refractivity contribution in [3.8, 4) is 22.3 Å². The van der Waals surface area contributed by atoms with Gasteiger partial charge in [-0.1, -0.05) is 18.2 Å². The molecule has 1 amide bonds. The molecule has 0 spiro atoms. The number of nitrogens with zero attached hydrogens (tertiary/aromatic N) is 1. The molecule has 5 rings (SSSR count). The van der Waals surface area contributed by atoms with Crippen LogP contribution in [0.1, 0.15) is 56.8 Å². The van der Waals surface area contributed by atoms with E-state index in [9.17, 15) is 54.2 Å². The van der Waals surface area contributed by atoms with Gasteiger partial charge in [-0.25, -0.2) is 14.0 Å². The zero-order chi connectivity index (χ0) is 36.2. The first-order chi connectivity index (χ1) is 22.6. The quantitative estimate of drug-likeness (QED) is 0.204. The van der Waals surface area contributed by atoms with Crippen molar-refractivity contribution >= 4 is 12.1 Å². The van der Waals surface area contributed by atoms with Crippen molar-refractivity contribution in [1.29, 1.82) is 0 Å². The summed E-state index contributed by atoms with van der Waals surface area (Å²) in [6.45, 7) is 2.17. The highest BCUT2D eigenvalue weighted by atomic mass is 19.4. The Morgan fingerprint density at radius 1 is 0.755 bits per heavy atom. The molecule has 15 heteroatoms. The van der Waals surface area contributed by atoms with Crippen molar-refractivity contribution in [1.82, 2.24) is 4.90 Å². The van der Waals surface area contributed by atoms with Crippen LogP contribution in [0.25, 0.3) is 22.3 Å². The maximum Gasteiger partial charge on any atom is 0.416 e. The second-order valence-corrected chi connectivity index (χ2v) is 11.4. The lowest BCUT2D eigenvalue weighted by atomic mass is 9.92. The molecule has 49 heavy (non-hydrogen) atoms. The summed E-state index contributed by atoms with van der Waals surface area (Å²) < 4.78 is 143. The zero-order valence-electron chi connectivity index (χ0n) is 25.2. The number of alkyl halides is 9. The van der Waals surface area contributed by atoms with Gasteiger partial charge in [0.05, 0.1) is 34.8 Å². The van der Waals surface area contributed by atoms with Crippen LogP contribution in [-0.4, -0.2) is 28.1 Å². The van der Waals surface area contributed by atoms with Crippen LogP contribution in [0.15, 0.2) is 72.8 Å². The van der Waals surface area contributed by atoms with Crippen molar-refractivity contribution in [2.75, 3.05) is 0 Å². The smallest absolute Gasteiger partial charge is 0.416 e. The summed E-state index contributed by atoms with van der Waals surface area (Å²) >= 11 is 0. The number of carbonyl (C=O) groups is 2. The molecule has 1 N–H and O–H groups in total. The third kappa shape index (κ3) is 7.20. The first-order valence-electron chi connectivity index (χ1n) is 14.3. The van der Waals surface area contributed by atoms with Gasteiger partial charge in [0.1, 0.15) is 11.9 Å². The van der Waals surface area contributed by atoms with Gasteiger partial charge in [-0.3, -0.25) is 4.90 Å². The lowest BCUT2D eigenvalue weighted by Gasteiger charge is -2.24. The molecule has 0 bridgehead atoms. The van der Waals surface area contributed by atoms with Gasteiger partial charge in [-0.2, -0.15) is 39.5 Å². The Labute approximate surface area is 271 Å². The van der Waals surface area contributed by atoms with E-state index in [-0.39, 0.29) is 39.4 Å². The summed E-state index contributed by atoms with van der Waals surface area (Å²) in [6, 6.07) is 9.61. The number of aryl methyl sites for hydroxylation is 1. The largest absolute Gasteiger partial charge is 0.478 e. The van der Waals surface area contributed by atoms with Gasteiger partial charge in [0.15, 0.2) is 0 Å². The third-order valence-electron chi connectivity index (χ3n) is 8.14. The summed E-state index contributed by atoms with van der Waals surface area (Å²) in [5, 5.41) is 9.27. The Kier molecular flexibility index (Phi) is 8.93. The summed E-state index contributed by atoms with van der Waals surface area (Å²) in [5.74, 6) is -1.95. The normalized spacial score (nSPS) is 17.0. The van der Waals surface area contributed by atoms with Crippen LogP contribution in [0.5, 0.6) is 0 Å². The minimum absolute atomic E-state index is 0.0168. The van der Waals surface area contributed by atoms with Gasteiger partial charge in [-0.15, -0.1) is 0 Å². The second-order valence-electron chi connectivity index (χ2n) is 11.4. The number of ether oxygens (including phenoxy) is 1. The van der Waals surface area contributed by atoms with Gasteiger partial charge in [0.2, 0.25) is 0 Å². The zero-order valence-corrected chi connectivity index (χ0v) is 25.2. The van der Waals surface area contributed by atoms with Crippen LogP contribution in [0.4, 0.5) is 48.7 Å². The topological polar surface area (TPSA) is 66.8 Å². The Hall–Kier alpha value is -5.08. The molecule has 1 fully saturated rings. The molecule has 5 nitrogen and oxygen atoms in total. The van der Waals surface area contributed by atoms with Crippen molar-refractivity contribution in [3.05, 3.63) is 118 Å². The van der Waals surface area contributed by atoms with Crippen molar-refractivity contribution in [3.63, 3.8) is 0 Å². The highest BCUT2D eigenvalue weighted by Crippen LogP contribution is 2.42. The predicted molar refractivity (Wildman–Crippen MR) is 155 cm³/mol. The Morgan fingerprint density at radius 2 is 1.35 bits per heavy atom. The van der Waals surface area contributed by atoms with E-state index in [1.807, 2.05) is 0 Å². The molecule has 1 aliphatic heterocycles. The van der Waals surface area contributed by atoms with Gasteiger partial charge >= 0.3 is 30.6 Å². The fourth-order valence-electron chi connectivity index (χ4n) is 5.67. The van der Waals surface area contributed by atoms with Crippen molar-refractivity contribution < 1.29 is 63.3 Å². The number of cyclic esters (lactones) is 1. The van der Waals surface area contributed by atoms with Crippen LogP contribution in [0.3, 0.4) is 0 Å². The average Bonchev–Trinajstić information content (AvgIpc) is 3.28. The van der Waals surface area contributed by atoms with Crippen LogP contribution >= 0.6 is 0 Å². The summed E-state index contributed by atoms with van der Waals surface area (Å²) in [4.78, 5) is 25.2. The maximum absolute atomic E-state index is 15.1. The minimum atomic E-state index is -5.18. The number of halogens is 10. The second kappa shape index (κ2) is 12.4. The molecule has 0 aliphatic carbocycles. The molecular formula is C34H23F10NO4. The number of amides is 1. The van der Waals surface area contributed by atoms with Gasteiger partial charge in [0.25, 0.3) is 0 Å². The van der Waals surface area contributed by atoms with Gasteiger partial charge < -0.3 is 9.84 Å². The number of benzene rings is 4. The molecule has 258 valence electrons. The fourth-order valence-corrected chi connectivity index (χ4v) is 5.67. The Balaban J connectivity index is 1.57. The number of carbonyl (C=O) groups excluding carboxylic acids is 1. The lowest BCUT2D eigenvalue weighted by molar-refractivity contribution is -0.143. The standard InChI is InChI=1S/C34H23F10NO4/c1-16-9-19(30(46)47)3-6-25(16)27-13-18(4-8-28(27)35)26-7-5-22(32(36,37)38)12-21(26)15-45-17(2)29(49-31(45)48)20-10-23(33(39,40)41)14-24(11-20)34(42,43)44/h3-14,17,29H,15H2,1-2H3,(H,46,47)/t17-,29-/m0/s1. The maximum atomic E-state index is 15.1. The van der Waals surface area contributed by atoms with Gasteiger partial charge in [-0.05, 0) is 102 Å². The number of aromatic carboxylic acids is 1. The van der Waals surface area contributed by atoms with Crippen molar-refractivity contribution in [2.45, 2.75) is 51.1 Å². The highest BCUT2D eigenvalue weighted by molar-refractivity contribution is 5.89. The van der Waals surface area contributed by atoms with E-state index in [2.05, 4.69) is 0 Å². The SMILES string of the molecule is Cc1cc(C(=O)O)ccc1-c1cc(-c2ccc(C(F)(F)F)cc2CN2C(=O)O[C@H](c3cc(C(F)(F)F)cc(C(F)(F)F)c3)[C@@H]2C)ccc1F. The van der Waals surface area contributed by atoms with Crippen LogP contribution in [0, 0.1) is 12.7 Å². The lowest BCUT2D eigenvalue weighted by Crippen LogP contribution is -2.32. The molecule has 4 aromatic rings. The van der Waals surface area contributed by atoms with Crippen LogP contribution in [0.2, 0.25) is 0 Å². The molecular weight excluding hydrogens is 676 g/mol. The van der Waals surface area contributed by atoms with E-state index < -0.39 is 77.4 Å². The molecule has 1 heterocycles. The number of rotatable bonds is 6. The van der Waals surface area contributed by atoms with E-state index in [1.165, 1.54) is 44.2 Å². The minimum Gasteiger partial charge on any atom is -0.478 e. The predicted octanol–water partition coefficient (Wildman–Crippen LogP) is 10.3. The third-order valence-corrected chi connectivity index (χ3v) is 8.14. The molecule has 0 unspecified atom stereocenters. The number of carboxylic acids is 1. The molecule has 0 aromatic heterocycles. The molecule has 2 atom stereocenters. The summed E-state index contributed by atoms with van der Waals surface area (Å²) in [6.07, 6.45) is -18.1. The van der Waals surface area contributed by atoms with E-state index in [0.29, 0.717) is 17.7 Å². The molecule has 0 saturated carbocycles. The summed E-state index contributed by atoms with van der Waals surface area (Å²) in [5.41, 5.74) is -4.30. The molecule has 0 radical (unpaired) electrons. The first kappa shape index (κ1) is 35.2. The van der Waals surface area contributed by atoms with Crippen molar-refractivity contribution in [2.24, 2.45) is 0 Å². The van der Waals surface area contributed by atoms with E-state index in [1.54, 1.807) is 0 Å². The number of hydrogen-bond donors (Lipinski definition) is 1. The first-order valence-corrected chi connectivity index (χ1v) is 14.3. The number of carboxylic acid groups (broad SMARTS) is 1. The molecule has 1 saturated heterocycles. The molecule has 1 aliphatic rings. The van der Waals surface area contributed by atoms with Crippen LogP contribution in [-0.2, 0) is 29.8 Å². The van der Waals surface area contributed by atoms with E-state index in [4.69, 9.17) is 4.74 Å². The molecule has 4 aromatic carbocycles. The van der Waals surface area contributed by atoms with Gasteiger partial charge in [0, 0.05) is 5.56 Å². The Morgan fingerprint density at radius 3 is 1.90 bits per heavy atom. The fraction of sp³-hybridized carbons (Fsp3) is 0.235. The monoisotopic (exact) mass is 699 g/mol. The number of hydrogen-bond acceptors (Lipinski definition) is 3. The Bertz CT molecular complexity index is 1920. The van der Waals surface area contributed by atoms with Crippen LogP contribution < -0.4 is 0 Å². The van der Waals surface area contributed by atoms with E-state index in [0.717, 1.165) is 29.2 Å². The highest BCUT2D eigenvalue weighted by Gasteiger charge is 2.43. The average molecular weight is 700 g/mol. The van der Waals surface area contributed by atoms with E-state index >= 15 is 4.39 Å².